The number of carbonyl (C=O) groups excluding carboxylic acids is 2. The van der Waals surface area contributed by atoms with E-state index in [4.69, 9.17) is 4.74 Å². The van der Waals surface area contributed by atoms with Crippen molar-refractivity contribution in [2.45, 2.75) is 12.8 Å². The fourth-order valence-electron chi connectivity index (χ4n) is 3.72. The maximum Gasteiger partial charge on any atom is 0.258 e. The second-order valence-electron chi connectivity index (χ2n) is 7.26. The number of aromatic nitrogens is 2. The first-order valence-corrected chi connectivity index (χ1v) is 9.73. The van der Waals surface area contributed by atoms with Crippen LogP contribution in [0.1, 0.15) is 12.0 Å². The zero-order valence-corrected chi connectivity index (χ0v) is 16.6. The van der Waals surface area contributed by atoms with E-state index in [0.717, 1.165) is 11.3 Å². The molecule has 1 atom stereocenters. The van der Waals surface area contributed by atoms with Crippen molar-refractivity contribution in [2.24, 2.45) is 5.92 Å². The number of benzene rings is 2. The topological polar surface area (TPSA) is 104 Å². The summed E-state index contributed by atoms with van der Waals surface area (Å²) in [4.78, 5) is 45.3. The van der Waals surface area contributed by atoms with Crippen LogP contribution in [-0.2, 0) is 16.0 Å². The SMILES string of the molecule is COc1ccccc1CCN1C[C@@H](C(=O)Nc2ccc3nc[nH]c(=O)c3c2)CC1=O. The van der Waals surface area contributed by atoms with Gasteiger partial charge in [-0.05, 0) is 36.2 Å². The van der Waals surface area contributed by atoms with Gasteiger partial charge in [0.1, 0.15) is 5.75 Å². The molecule has 0 radical (unpaired) electrons. The second kappa shape index (κ2) is 8.36. The number of H-pyrrole nitrogens is 1. The van der Waals surface area contributed by atoms with Crippen LogP contribution in [0.3, 0.4) is 0 Å². The van der Waals surface area contributed by atoms with Crippen LogP contribution >= 0.6 is 0 Å². The summed E-state index contributed by atoms with van der Waals surface area (Å²) in [7, 11) is 1.62. The largest absolute Gasteiger partial charge is 0.496 e. The van der Waals surface area contributed by atoms with Crippen LogP contribution < -0.4 is 15.6 Å². The Morgan fingerprint density at radius 3 is 2.93 bits per heavy atom. The lowest BCUT2D eigenvalue weighted by atomic mass is 10.1. The van der Waals surface area contributed by atoms with Crippen molar-refractivity contribution in [2.75, 3.05) is 25.5 Å². The van der Waals surface area contributed by atoms with Gasteiger partial charge < -0.3 is 19.9 Å². The van der Waals surface area contributed by atoms with Gasteiger partial charge in [0.2, 0.25) is 11.8 Å². The van der Waals surface area contributed by atoms with Gasteiger partial charge in [0.25, 0.3) is 5.56 Å². The summed E-state index contributed by atoms with van der Waals surface area (Å²) in [5, 5.41) is 3.22. The number of likely N-dealkylation sites (tertiary alicyclic amines) is 1. The number of fused-ring (bicyclic) bond motifs is 1. The van der Waals surface area contributed by atoms with E-state index in [-0.39, 0.29) is 23.8 Å². The molecule has 1 aliphatic heterocycles. The van der Waals surface area contributed by atoms with Crippen LogP contribution in [0.4, 0.5) is 5.69 Å². The minimum Gasteiger partial charge on any atom is -0.496 e. The van der Waals surface area contributed by atoms with Crippen LogP contribution in [0.5, 0.6) is 5.75 Å². The predicted octanol–water partition coefficient (Wildman–Crippen LogP) is 1.96. The minimum atomic E-state index is -0.432. The average molecular weight is 406 g/mol. The molecule has 0 bridgehead atoms. The Morgan fingerprint density at radius 2 is 2.10 bits per heavy atom. The molecule has 0 aliphatic carbocycles. The summed E-state index contributed by atoms with van der Waals surface area (Å²) in [5.74, 6) is 0.0873. The number of para-hydroxylation sites is 1. The lowest BCUT2D eigenvalue weighted by molar-refractivity contribution is -0.128. The van der Waals surface area contributed by atoms with Gasteiger partial charge in [-0.2, -0.15) is 0 Å². The molecule has 4 rings (SSSR count). The third kappa shape index (κ3) is 4.03. The van der Waals surface area contributed by atoms with Crippen molar-refractivity contribution in [1.29, 1.82) is 0 Å². The van der Waals surface area contributed by atoms with Crippen LogP contribution in [0.2, 0.25) is 0 Å². The third-order valence-electron chi connectivity index (χ3n) is 5.34. The molecule has 3 aromatic rings. The first-order chi connectivity index (χ1) is 14.5. The molecular weight excluding hydrogens is 384 g/mol. The molecule has 0 unspecified atom stereocenters. The van der Waals surface area contributed by atoms with Crippen LogP contribution in [-0.4, -0.2) is 46.9 Å². The van der Waals surface area contributed by atoms with Gasteiger partial charge in [-0.1, -0.05) is 18.2 Å². The minimum absolute atomic E-state index is 0.0378. The Kier molecular flexibility index (Phi) is 5.47. The summed E-state index contributed by atoms with van der Waals surface area (Å²) in [6.45, 7) is 0.898. The normalized spacial score (nSPS) is 16.1. The van der Waals surface area contributed by atoms with E-state index in [9.17, 15) is 14.4 Å². The fraction of sp³-hybridized carbons (Fsp3) is 0.273. The molecule has 2 amide bonds. The van der Waals surface area contributed by atoms with Gasteiger partial charge in [-0.25, -0.2) is 4.98 Å². The van der Waals surface area contributed by atoms with Crippen LogP contribution in [0, 0.1) is 5.92 Å². The first-order valence-electron chi connectivity index (χ1n) is 9.73. The fourth-order valence-corrected chi connectivity index (χ4v) is 3.72. The van der Waals surface area contributed by atoms with Gasteiger partial charge in [0.15, 0.2) is 0 Å². The Morgan fingerprint density at radius 1 is 1.27 bits per heavy atom. The quantitative estimate of drug-likeness (QED) is 0.651. The molecule has 1 fully saturated rings. The van der Waals surface area contributed by atoms with Gasteiger partial charge in [-0.3, -0.25) is 14.4 Å². The van der Waals surface area contributed by atoms with Crippen molar-refractivity contribution in [3.8, 4) is 5.75 Å². The molecule has 1 aliphatic rings. The molecular formula is C22H22N4O4. The number of nitrogens with zero attached hydrogens (tertiary/aromatic N) is 2. The molecule has 8 nitrogen and oxygen atoms in total. The van der Waals surface area contributed by atoms with Gasteiger partial charge in [-0.15, -0.1) is 0 Å². The average Bonchev–Trinajstić information content (AvgIpc) is 3.14. The first kappa shape index (κ1) is 19.6. The number of aromatic amines is 1. The highest BCUT2D eigenvalue weighted by Gasteiger charge is 2.34. The van der Waals surface area contributed by atoms with Gasteiger partial charge in [0.05, 0.1) is 30.3 Å². The lowest BCUT2D eigenvalue weighted by Crippen LogP contribution is -2.30. The molecule has 1 aromatic heterocycles. The molecule has 30 heavy (non-hydrogen) atoms. The van der Waals surface area contributed by atoms with E-state index in [1.807, 2.05) is 24.3 Å². The lowest BCUT2D eigenvalue weighted by Gasteiger charge is -2.17. The van der Waals surface area contributed by atoms with Crippen LogP contribution in [0.25, 0.3) is 10.9 Å². The molecule has 2 N–H and O–H groups in total. The summed E-state index contributed by atoms with van der Waals surface area (Å²) in [6, 6.07) is 12.7. The smallest absolute Gasteiger partial charge is 0.258 e. The van der Waals surface area contributed by atoms with E-state index >= 15 is 0 Å². The van der Waals surface area contributed by atoms with E-state index < -0.39 is 5.92 Å². The highest BCUT2D eigenvalue weighted by Crippen LogP contribution is 2.23. The summed E-state index contributed by atoms with van der Waals surface area (Å²) < 4.78 is 5.36. The molecule has 0 saturated carbocycles. The maximum absolute atomic E-state index is 12.7. The summed E-state index contributed by atoms with van der Waals surface area (Å²) in [6.07, 6.45) is 2.17. The highest BCUT2D eigenvalue weighted by atomic mass is 16.5. The number of anilines is 1. The number of carbonyl (C=O) groups is 2. The number of methoxy groups -OCH3 is 1. The number of rotatable bonds is 6. The Bertz CT molecular complexity index is 1160. The van der Waals surface area contributed by atoms with Crippen molar-refractivity contribution >= 4 is 28.4 Å². The second-order valence-corrected chi connectivity index (χ2v) is 7.26. The highest BCUT2D eigenvalue weighted by molar-refractivity contribution is 5.98. The molecule has 1 saturated heterocycles. The molecule has 2 aromatic carbocycles. The van der Waals surface area contributed by atoms with Crippen molar-refractivity contribution in [1.82, 2.24) is 14.9 Å². The number of nitrogens with one attached hydrogen (secondary N) is 2. The van der Waals surface area contributed by atoms with Gasteiger partial charge >= 0.3 is 0 Å². The summed E-state index contributed by atoms with van der Waals surface area (Å²) >= 11 is 0. The zero-order valence-electron chi connectivity index (χ0n) is 16.6. The number of ether oxygens (including phenoxy) is 1. The summed E-state index contributed by atoms with van der Waals surface area (Å²) in [5.41, 5.74) is 1.81. The van der Waals surface area contributed by atoms with Crippen LogP contribution in [0.15, 0.2) is 53.6 Å². The Balaban J connectivity index is 1.39. The van der Waals surface area contributed by atoms with E-state index in [1.165, 1.54) is 6.33 Å². The zero-order chi connectivity index (χ0) is 21.1. The number of hydrogen-bond acceptors (Lipinski definition) is 5. The monoisotopic (exact) mass is 406 g/mol. The van der Waals surface area contributed by atoms with E-state index in [2.05, 4.69) is 15.3 Å². The Labute approximate surface area is 172 Å². The van der Waals surface area contributed by atoms with Crippen molar-refractivity contribution in [3.63, 3.8) is 0 Å². The third-order valence-corrected chi connectivity index (χ3v) is 5.34. The molecule has 8 heteroatoms. The van der Waals surface area contributed by atoms with Gasteiger partial charge in [0, 0.05) is 25.2 Å². The van der Waals surface area contributed by atoms with E-state index in [1.54, 1.807) is 30.2 Å². The molecule has 154 valence electrons. The number of hydrogen-bond donors (Lipinski definition) is 2. The van der Waals surface area contributed by atoms with Crippen molar-refractivity contribution < 1.29 is 14.3 Å². The Hall–Kier alpha value is -3.68. The van der Waals surface area contributed by atoms with Crippen molar-refractivity contribution in [3.05, 3.63) is 64.7 Å². The number of amides is 2. The predicted molar refractivity (Wildman–Crippen MR) is 112 cm³/mol. The molecule has 0 spiro atoms. The van der Waals surface area contributed by atoms with E-state index in [0.29, 0.717) is 36.1 Å². The standard InChI is InChI=1S/C22H22N4O4/c1-30-19-5-3-2-4-14(19)8-9-26-12-15(10-20(26)27)21(28)25-16-6-7-18-17(11-16)22(29)24-13-23-18/h2-7,11,13,15H,8-10,12H2,1H3,(H,25,28)(H,23,24,29)/t15-/m0/s1. The molecule has 2 heterocycles. The maximum atomic E-state index is 12.7.